The molecule has 0 aliphatic heterocycles. The zero-order valence-corrected chi connectivity index (χ0v) is 34.6. The van der Waals surface area contributed by atoms with Gasteiger partial charge in [0.2, 0.25) is 0 Å². The third-order valence-electron chi connectivity index (χ3n) is 5.98. The monoisotopic (exact) mass is 690 g/mol. The van der Waals surface area contributed by atoms with Gasteiger partial charge in [0.15, 0.2) is 0 Å². The molecule has 0 bridgehead atoms. The molecule has 0 saturated carbocycles. The number of carbonyl (C=O) groups excluding carboxylic acids is 6. The van der Waals surface area contributed by atoms with Crippen molar-refractivity contribution in [2.45, 2.75) is 144 Å². The second-order valence-corrected chi connectivity index (χ2v) is 16.6. The fraction of sp³-hybridized carbons (Fsp3) is 0.818. The predicted molar refractivity (Wildman–Crippen MR) is 172 cm³/mol. The number of rotatable bonds is 6. The molecule has 0 aliphatic carbocycles. The first-order valence-corrected chi connectivity index (χ1v) is 13.8. The Kier molecular flexibility index (Phi) is 22.1. The third-order valence-corrected chi connectivity index (χ3v) is 5.98. The van der Waals surface area contributed by atoms with Crippen molar-refractivity contribution in [2.75, 3.05) is 0 Å². The first-order chi connectivity index (χ1) is 16.6. The van der Waals surface area contributed by atoms with E-state index in [1.807, 2.05) is 125 Å². The van der Waals surface area contributed by atoms with Crippen LogP contribution in [0.5, 0.6) is 0 Å². The van der Waals surface area contributed by atoms with E-state index in [1.54, 1.807) is 0 Å². The van der Waals surface area contributed by atoms with E-state index in [4.69, 9.17) is 0 Å². The molecule has 0 unspecified atom stereocenters. The van der Waals surface area contributed by atoms with Crippen molar-refractivity contribution in [3.05, 3.63) is 0 Å². The van der Waals surface area contributed by atoms with Gasteiger partial charge in [0, 0.05) is 32.5 Å². The van der Waals surface area contributed by atoms with Crippen LogP contribution < -0.4 is 0 Å². The van der Waals surface area contributed by atoms with Crippen molar-refractivity contribution in [1.29, 1.82) is 0 Å². The van der Waals surface area contributed by atoms with Gasteiger partial charge in [0.25, 0.3) is 0 Å². The van der Waals surface area contributed by atoms with E-state index in [2.05, 4.69) is 0 Å². The van der Waals surface area contributed by atoms with Crippen LogP contribution in [0.25, 0.3) is 0 Å². The van der Waals surface area contributed by atoms with Crippen LogP contribution in [0, 0.1) is 32.5 Å². The number of Topliss-reactive ketones (excluding diaryl/α,β-unsaturated/α-hetero) is 6. The Morgan fingerprint density at radius 1 is 0.268 bits per heavy atom. The molecule has 0 amide bonds. The summed E-state index contributed by atoms with van der Waals surface area (Å²) >= 11 is 0. The molecule has 0 atom stereocenters. The molecule has 0 aromatic rings. The SMILES string of the molecule is CC(C)(C)C(=O)CC(=O)C(C)(C)C.CC(C)(C)C(=O)CC(=O)C(C)(C)C.CC(C)(C)C(=O)CC(=O)C(C)(C)C.[Ga+3].[Ga+3]. The molecule has 228 valence electrons. The van der Waals surface area contributed by atoms with E-state index in [0.29, 0.717) is 0 Å². The Labute approximate surface area is 278 Å². The Bertz CT molecular complexity index is 698. The van der Waals surface area contributed by atoms with Crippen molar-refractivity contribution < 1.29 is 28.8 Å². The van der Waals surface area contributed by atoms with Crippen LogP contribution in [-0.4, -0.2) is 74.3 Å². The summed E-state index contributed by atoms with van der Waals surface area (Å²) in [6.07, 6.45) is 0.187. The van der Waals surface area contributed by atoms with Crippen LogP contribution in [0.1, 0.15) is 144 Å². The maximum Gasteiger partial charge on any atom is 3.00 e. The topological polar surface area (TPSA) is 102 Å². The summed E-state index contributed by atoms with van der Waals surface area (Å²) in [5.74, 6) is 0.125. The van der Waals surface area contributed by atoms with E-state index < -0.39 is 32.5 Å². The molecule has 0 aliphatic rings. The standard InChI is InChI=1S/3C11H20O2.2Ga/c3*1-10(2,3)8(12)7-9(13)11(4,5)6;;/h3*7H2,1-6H3;;/q;;;2*+3. The van der Waals surface area contributed by atoms with E-state index in [1.165, 1.54) is 0 Å². The average Bonchev–Trinajstić information content (AvgIpc) is 2.64. The Morgan fingerprint density at radius 3 is 0.390 bits per heavy atom. The van der Waals surface area contributed by atoms with Crippen molar-refractivity contribution >= 4 is 74.3 Å². The van der Waals surface area contributed by atoms with Crippen LogP contribution in [-0.2, 0) is 28.8 Å². The molecule has 0 aromatic heterocycles. The van der Waals surface area contributed by atoms with Gasteiger partial charge in [-0.3, -0.25) is 28.8 Å². The summed E-state index contributed by atoms with van der Waals surface area (Å²) in [5, 5.41) is 0. The van der Waals surface area contributed by atoms with Gasteiger partial charge in [-0.1, -0.05) is 125 Å². The summed E-state index contributed by atoms with van der Waals surface area (Å²) < 4.78 is 0. The van der Waals surface area contributed by atoms with Gasteiger partial charge in [0.1, 0.15) is 34.7 Å². The summed E-state index contributed by atoms with van der Waals surface area (Å²) in [7, 11) is 0. The second-order valence-electron chi connectivity index (χ2n) is 16.6. The van der Waals surface area contributed by atoms with Crippen molar-refractivity contribution in [2.24, 2.45) is 32.5 Å². The van der Waals surface area contributed by atoms with Crippen molar-refractivity contribution in [3.63, 3.8) is 0 Å². The van der Waals surface area contributed by atoms with Gasteiger partial charge < -0.3 is 0 Å². The zero-order valence-electron chi connectivity index (χ0n) is 29.7. The quantitative estimate of drug-likeness (QED) is 0.218. The number of hydrogen-bond donors (Lipinski definition) is 0. The van der Waals surface area contributed by atoms with Gasteiger partial charge in [-0.2, -0.15) is 0 Å². The summed E-state index contributed by atoms with van der Waals surface area (Å²) in [4.78, 5) is 69.0. The zero-order chi connectivity index (χ0) is 32.6. The molecule has 0 radical (unpaired) electrons. The van der Waals surface area contributed by atoms with Gasteiger partial charge in [-0.25, -0.2) is 0 Å². The van der Waals surface area contributed by atoms with E-state index in [-0.39, 0.29) is 93.5 Å². The van der Waals surface area contributed by atoms with Gasteiger partial charge in [-0.15, -0.1) is 0 Å². The summed E-state index contributed by atoms with van der Waals surface area (Å²) in [6.45, 7) is 33.1. The molecule has 41 heavy (non-hydrogen) atoms. The molecule has 0 heterocycles. The molecule has 8 heteroatoms. The van der Waals surface area contributed by atoms with Crippen LogP contribution in [0.2, 0.25) is 0 Å². The Hall–Kier alpha value is -0.707. The minimum absolute atomic E-state index is 0. The molecule has 0 fully saturated rings. The fourth-order valence-corrected chi connectivity index (χ4v) is 2.03. The van der Waals surface area contributed by atoms with Crippen molar-refractivity contribution in [1.82, 2.24) is 0 Å². The minimum atomic E-state index is -0.402. The normalized spacial score (nSPS) is 12.1. The maximum atomic E-state index is 11.5. The predicted octanol–water partition coefficient (Wildman–Crippen LogP) is 7.06. The van der Waals surface area contributed by atoms with Crippen LogP contribution >= 0.6 is 0 Å². The van der Waals surface area contributed by atoms with Gasteiger partial charge in [0.05, 0.1) is 19.3 Å². The molecule has 6 nitrogen and oxygen atoms in total. The van der Waals surface area contributed by atoms with E-state index in [0.717, 1.165) is 0 Å². The van der Waals surface area contributed by atoms with Crippen molar-refractivity contribution in [3.8, 4) is 0 Å². The Morgan fingerprint density at radius 2 is 0.341 bits per heavy atom. The molecule has 0 spiro atoms. The Balaban J connectivity index is -0.000000154. The molecule has 0 saturated heterocycles. The first kappa shape index (κ1) is 49.9. The largest absolute Gasteiger partial charge is 3.00 e. The average molecular weight is 692 g/mol. The van der Waals surface area contributed by atoms with Crippen LogP contribution in [0.4, 0.5) is 0 Å². The van der Waals surface area contributed by atoms with E-state index >= 15 is 0 Å². The molecule has 0 rings (SSSR count). The van der Waals surface area contributed by atoms with Crippen LogP contribution in [0.3, 0.4) is 0 Å². The molecular formula is C33H60Ga2O6+6. The minimum Gasteiger partial charge on any atom is -0.299 e. The van der Waals surface area contributed by atoms with E-state index in [9.17, 15) is 28.8 Å². The summed E-state index contributed by atoms with van der Waals surface area (Å²) in [6, 6.07) is 0. The first-order valence-electron chi connectivity index (χ1n) is 13.8. The smallest absolute Gasteiger partial charge is 0.299 e. The summed E-state index contributed by atoms with van der Waals surface area (Å²) in [5.41, 5.74) is -2.41. The third kappa shape index (κ3) is 24.4. The second kappa shape index (κ2) is 18.2. The number of hydrogen-bond acceptors (Lipinski definition) is 6. The molecular weight excluding hydrogens is 632 g/mol. The molecule has 0 N–H and O–H groups in total. The molecule has 0 aromatic carbocycles. The van der Waals surface area contributed by atoms with Gasteiger partial charge >= 0.3 is 39.6 Å². The van der Waals surface area contributed by atoms with Gasteiger partial charge in [-0.05, 0) is 0 Å². The maximum absolute atomic E-state index is 11.5. The number of carbonyl (C=O) groups is 6. The fourth-order valence-electron chi connectivity index (χ4n) is 2.03. The van der Waals surface area contributed by atoms with Crippen LogP contribution in [0.15, 0.2) is 0 Å². The number of ketones is 6.